The smallest absolute Gasteiger partial charge is 0.265 e. The quantitative estimate of drug-likeness (QED) is 0.529. The van der Waals surface area contributed by atoms with Gasteiger partial charge in [-0.05, 0) is 53.8 Å². The van der Waals surface area contributed by atoms with Gasteiger partial charge in [0.15, 0.2) is 6.10 Å². The first kappa shape index (κ1) is 21.4. The highest BCUT2D eigenvalue weighted by atomic mass is 16.5. The summed E-state index contributed by atoms with van der Waals surface area (Å²) in [6, 6.07) is 25.2. The van der Waals surface area contributed by atoms with E-state index in [0.717, 1.165) is 22.6 Å². The third kappa shape index (κ3) is 5.86. The number of hydrogen-bond donors (Lipinski definition) is 1. The number of para-hydroxylation sites is 1. The Labute approximate surface area is 178 Å². The summed E-state index contributed by atoms with van der Waals surface area (Å²) in [4.78, 5) is 12.6. The second-order valence-corrected chi connectivity index (χ2v) is 8.29. The van der Waals surface area contributed by atoms with E-state index in [2.05, 4.69) is 26.1 Å². The highest BCUT2D eigenvalue weighted by molar-refractivity contribution is 5.94. The molecule has 0 saturated heterocycles. The zero-order valence-electron chi connectivity index (χ0n) is 18.0. The molecule has 0 bridgehead atoms. The van der Waals surface area contributed by atoms with Gasteiger partial charge in [-0.3, -0.25) is 4.79 Å². The third-order valence-electron chi connectivity index (χ3n) is 4.74. The summed E-state index contributed by atoms with van der Waals surface area (Å²) in [7, 11) is 0. The molecular weight excluding hydrogens is 374 g/mol. The molecule has 0 aromatic heterocycles. The van der Waals surface area contributed by atoms with Crippen LogP contribution < -0.4 is 14.8 Å². The Balaban J connectivity index is 1.57. The van der Waals surface area contributed by atoms with Crippen LogP contribution in [0.2, 0.25) is 0 Å². The minimum atomic E-state index is -0.623. The predicted molar refractivity (Wildman–Crippen MR) is 121 cm³/mol. The van der Waals surface area contributed by atoms with E-state index in [9.17, 15) is 4.79 Å². The number of benzene rings is 3. The Hall–Kier alpha value is -3.27. The van der Waals surface area contributed by atoms with E-state index in [-0.39, 0.29) is 11.3 Å². The molecule has 0 heterocycles. The topological polar surface area (TPSA) is 47.6 Å². The molecule has 0 fully saturated rings. The molecular formula is C26H29NO3. The van der Waals surface area contributed by atoms with Gasteiger partial charge in [0.05, 0.1) is 0 Å². The highest BCUT2D eigenvalue weighted by Crippen LogP contribution is 2.31. The van der Waals surface area contributed by atoms with Gasteiger partial charge in [-0.1, -0.05) is 69.3 Å². The van der Waals surface area contributed by atoms with Crippen LogP contribution in [0.25, 0.3) is 0 Å². The van der Waals surface area contributed by atoms with Crippen molar-refractivity contribution in [2.24, 2.45) is 0 Å². The fourth-order valence-electron chi connectivity index (χ4n) is 3.05. The van der Waals surface area contributed by atoms with Crippen LogP contribution in [0.15, 0.2) is 78.9 Å². The molecule has 0 aliphatic heterocycles. The number of hydrogen-bond acceptors (Lipinski definition) is 3. The zero-order chi connectivity index (χ0) is 21.6. The van der Waals surface area contributed by atoms with Crippen LogP contribution in [-0.2, 0) is 16.8 Å². The van der Waals surface area contributed by atoms with E-state index in [1.54, 1.807) is 6.92 Å². The number of ether oxygens (including phenoxy) is 2. The van der Waals surface area contributed by atoms with Crippen molar-refractivity contribution in [3.63, 3.8) is 0 Å². The average molecular weight is 404 g/mol. The highest BCUT2D eigenvalue weighted by Gasteiger charge is 2.22. The molecule has 1 unspecified atom stereocenters. The number of carbonyl (C=O) groups is 1. The fourth-order valence-corrected chi connectivity index (χ4v) is 3.05. The van der Waals surface area contributed by atoms with Crippen LogP contribution in [0.3, 0.4) is 0 Å². The Morgan fingerprint density at radius 1 is 0.900 bits per heavy atom. The molecule has 3 aromatic carbocycles. The monoisotopic (exact) mass is 403 g/mol. The van der Waals surface area contributed by atoms with E-state index in [1.165, 1.54) is 0 Å². The molecule has 1 amide bonds. The third-order valence-corrected chi connectivity index (χ3v) is 4.74. The Kier molecular flexibility index (Phi) is 6.78. The average Bonchev–Trinajstić information content (AvgIpc) is 2.73. The Morgan fingerprint density at radius 3 is 2.20 bits per heavy atom. The predicted octanol–water partition coefficient (Wildman–Crippen LogP) is 5.97. The molecule has 3 aromatic rings. The molecule has 0 spiro atoms. The maximum Gasteiger partial charge on any atom is 0.265 e. The number of amides is 1. The summed E-state index contributed by atoms with van der Waals surface area (Å²) in [6.45, 7) is 8.64. The molecule has 0 radical (unpaired) electrons. The van der Waals surface area contributed by atoms with Gasteiger partial charge >= 0.3 is 0 Å². The van der Waals surface area contributed by atoms with Crippen molar-refractivity contribution in [3.8, 4) is 11.5 Å². The number of anilines is 1. The second kappa shape index (κ2) is 9.49. The van der Waals surface area contributed by atoms with E-state index >= 15 is 0 Å². The van der Waals surface area contributed by atoms with Gasteiger partial charge < -0.3 is 14.8 Å². The van der Waals surface area contributed by atoms with E-state index in [0.29, 0.717) is 12.3 Å². The van der Waals surface area contributed by atoms with Gasteiger partial charge in [-0.25, -0.2) is 0 Å². The van der Waals surface area contributed by atoms with Crippen LogP contribution >= 0.6 is 0 Å². The molecule has 1 N–H and O–H groups in total. The van der Waals surface area contributed by atoms with Crippen molar-refractivity contribution in [1.82, 2.24) is 0 Å². The van der Waals surface area contributed by atoms with Gasteiger partial charge in [-0.2, -0.15) is 0 Å². The maximum absolute atomic E-state index is 12.6. The summed E-state index contributed by atoms with van der Waals surface area (Å²) < 4.78 is 11.8. The van der Waals surface area contributed by atoms with Crippen molar-refractivity contribution in [3.05, 3.63) is 90.0 Å². The lowest BCUT2D eigenvalue weighted by molar-refractivity contribution is -0.122. The molecule has 156 valence electrons. The molecule has 3 rings (SSSR count). The summed E-state index contributed by atoms with van der Waals surface area (Å²) in [6.07, 6.45) is -0.623. The number of rotatable bonds is 7. The van der Waals surface area contributed by atoms with E-state index in [4.69, 9.17) is 9.47 Å². The minimum Gasteiger partial charge on any atom is -0.489 e. The number of carbonyl (C=O) groups excluding carboxylic acids is 1. The lowest BCUT2D eigenvalue weighted by Crippen LogP contribution is -2.31. The van der Waals surface area contributed by atoms with Crippen LogP contribution in [0.5, 0.6) is 11.5 Å². The standard InChI is InChI=1S/C26H29NO3/c1-19(30-24-13-9-8-12-23(24)26(2,3)4)25(28)27-21-14-16-22(17-15-21)29-18-20-10-6-5-7-11-20/h5-17,19H,18H2,1-4H3,(H,27,28). The first-order chi connectivity index (χ1) is 14.3. The van der Waals surface area contributed by atoms with Crippen LogP contribution in [-0.4, -0.2) is 12.0 Å². The molecule has 0 aliphatic carbocycles. The molecule has 1 atom stereocenters. The molecule has 0 aliphatic rings. The lowest BCUT2D eigenvalue weighted by atomic mass is 9.86. The SMILES string of the molecule is CC(Oc1ccccc1C(C)(C)C)C(=O)Nc1ccc(OCc2ccccc2)cc1. The summed E-state index contributed by atoms with van der Waals surface area (Å²) in [5.74, 6) is 1.29. The van der Waals surface area contributed by atoms with Crippen LogP contribution in [0.1, 0.15) is 38.8 Å². The second-order valence-electron chi connectivity index (χ2n) is 8.29. The summed E-state index contributed by atoms with van der Waals surface area (Å²) in [5.41, 5.74) is 2.81. The van der Waals surface area contributed by atoms with Gasteiger partial charge in [-0.15, -0.1) is 0 Å². The molecule has 4 heteroatoms. The Morgan fingerprint density at radius 2 is 1.53 bits per heavy atom. The molecule has 4 nitrogen and oxygen atoms in total. The van der Waals surface area contributed by atoms with Crippen molar-refractivity contribution in [2.45, 2.75) is 45.8 Å². The van der Waals surface area contributed by atoms with E-state index < -0.39 is 6.10 Å². The molecule has 0 saturated carbocycles. The van der Waals surface area contributed by atoms with E-state index in [1.807, 2.05) is 78.9 Å². The minimum absolute atomic E-state index is 0.0671. The number of nitrogens with one attached hydrogen (secondary N) is 1. The largest absolute Gasteiger partial charge is 0.489 e. The van der Waals surface area contributed by atoms with Crippen molar-refractivity contribution in [1.29, 1.82) is 0 Å². The van der Waals surface area contributed by atoms with Crippen molar-refractivity contribution >= 4 is 11.6 Å². The summed E-state index contributed by atoms with van der Waals surface area (Å²) >= 11 is 0. The van der Waals surface area contributed by atoms with Gasteiger partial charge in [0, 0.05) is 5.69 Å². The maximum atomic E-state index is 12.6. The molecule has 30 heavy (non-hydrogen) atoms. The van der Waals surface area contributed by atoms with Crippen LogP contribution in [0, 0.1) is 0 Å². The zero-order valence-corrected chi connectivity index (χ0v) is 18.0. The summed E-state index contributed by atoms with van der Waals surface area (Å²) in [5, 5.41) is 2.90. The normalized spacial score (nSPS) is 12.1. The van der Waals surface area contributed by atoms with Crippen LogP contribution in [0.4, 0.5) is 5.69 Å². The van der Waals surface area contributed by atoms with Crippen molar-refractivity contribution in [2.75, 3.05) is 5.32 Å². The van der Waals surface area contributed by atoms with Gasteiger partial charge in [0.1, 0.15) is 18.1 Å². The first-order valence-corrected chi connectivity index (χ1v) is 10.2. The first-order valence-electron chi connectivity index (χ1n) is 10.2. The Bertz CT molecular complexity index is 960. The van der Waals surface area contributed by atoms with Gasteiger partial charge in [0.25, 0.3) is 5.91 Å². The van der Waals surface area contributed by atoms with Gasteiger partial charge in [0.2, 0.25) is 0 Å². The van der Waals surface area contributed by atoms with Crippen molar-refractivity contribution < 1.29 is 14.3 Å². The lowest BCUT2D eigenvalue weighted by Gasteiger charge is -2.24. The fraction of sp³-hybridized carbons (Fsp3) is 0.269.